The summed E-state index contributed by atoms with van der Waals surface area (Å²) in [5.74, 6) is -2.53. The molecule has 0 radical (unpaired) electrons. The number of nitrogens with zero attached hydrogens (tertiary/aromatic N) is 1. The summed E-state index contributed by atoms with van der Waals surface area (Å²) in [7, 11) is 0. The second-order valence-corrected chi connectivity index (χ2v) is 4.34. The van der Waals surface area contributed by atoms with Gasteiger partial charge in [0.2, 0.25) is 5.91 Å². The minimum atomic E-state index is -4.35. The lowest BCUT2D eigenvalue weighted by atomic mass is 9.99. The largest absolute Gasteiger partial charge is 0.481 e. The summed E-state index contributed by atoms with van der Waals surface area (Å²) in [5.41, 5.74) is 0. The predicted molar refractivity (Wildman–Crippen MR) is 52.2 cm³/mol. The van der Waals surface area contributed by atoms with Crippen molar-refractivity contribution in [3.05, 3.63) is 0 Å². The van der Waals surface area contributed by atoms with Gasteiger partial charge >= 0.3 is 12.1 Å². The van der Waals surface area contributed by atoms with Gasteiger partial charge in [0.25, 0.3) is 0 Å². The van der Waals surface area contributed by atoms with Crippen LogP contribution in [0.4, 0.5) is 13.2 Å². The van der Waals surface area contributed by atoms with E-state index >= 15 is 0 Å². The molecule has 4 nitrogen and oxygen atoms in total. The first-order valence-corrected chi connectivity index (χ1v) is 5.28. The lowest BCUT2D eigenvalue weighted by Crippen LogP contribution is -2.30. The lowest BCUT2D eigenvalue weighted by molar-refractivity contribution is -0.149. The Morgan fingerprint density at radius 1 is 1.35 bits per heavy atom. The van der Waals surface area contributed by atoms with Gasteiger partial charge in [0.1, 0.15) is 0 Å². The molecule has 1 rings (SSSR count). The summed E-state index contributed by atoms with van der Waals surface area (Å²) in [4.78, 5) is 23.4. The number of carboxylic acids is 1. The molecule has 1 fully saturated rings. The molecular formula is C10H14F3NO3. The second-order valence-electron chi connectivity index (χ2n) is 4.34. The zero-order valence-corrected chi connectivity index (χ0v) is 9.33. The van der Waals surface area contributed by atoms with E-state index in [4.69, 9.17) is 5.11 Å². The Balaban J connectivity index is 2.48. The normalized spacial score (nSPS) is 25.1. The van der Waals surface area contributed by atoms with Crippen LogP contribution in [0.5, 0.6) is 0 Å². The number of alkyl halides is 3. The molecule has 1 aliphatic heterocycles. The molecule has 0 aromatic carbocycles. The third-order valence-corrected chi connectivity index (χ3v) is 2.90. The van der Waals surface area contributed by atoms with Crippen LogP contribution in [-0.2, 0) is 9.59 Å². The maximum Gasteiger partial charge on any atom is 0.389 e. The molecule has 1 aliphatic rings. The van der Waals surface area contributed by atoms with Crippen LogP contribution in [0.25, 0.3) is 0 Å². The summed E-state index contributed by atoms with van der Waals surface area (Å²) < 4.78 is 35.8. The van der Waals surface area contributed by atoms with Gasteiger partial charge in [-0.15, -0.1) is 0 Å². The molecule has 1 N–H and O–H groups in total. The Bertz CT molecular complexity index is 316. The van der Waals surface area contributed by atoms with Crippen molar-refractivity contribution in [3.8, 4) is 0 Å². The molecule has 1 amide bonds. The summed E-state index contributed by atoms with van der Waals surface area (Å²) in [6.07, 6.45) is -6.12. The number of aliphatic carboxylic acids is 1. The van der Waals surface area contributed by atoms with Crippen LogP contribution in [-0.4, -0.2) is 41.1 Å². The summed E-state index contributed by atoms with van der Waals surface area (Å²) >= 11 is 0. The fourth-order valence-corrected chi connectivity index (χ4v) is 1.90. The van der Waals surface area contributed by atoms with Crippen molar-refractivity contribution in [3.63, 3.8) is 0 Å². The number of halogens is 3. The van der Waals surface area contributed by atoms with Crippen LogP contribution in [0.1, 0.15) is 19.8 Å². The van der Waals surface area contributed by atoms with E-state index in [1.807, 2.05) is 0 Å². The van der Waals surface area contributed by atoms with Crippen LogP contribution in [0.15, 0.2) is 0 Å². The first-order valence-electron chi connectivity index (χ1n) is 5.28. The average Bonchev–Trinajstić information content (AvgIpc) is 2.55. The maximum absolute atomic E-state index is 11.9. The third-order valence-electron chi connectivity index (χ3n) is 2.90. The molecule has 0 spiro atoms. The van der Waals surface area contributed by atoms with Gasteiger partial charge < -0.3 is 10.0 Å². The Morgan fingerprint density at radius 2 is 1.94 bits per heavy atom. The number of carboxylic acid groups (broad SMARTS) is 1. The van der Waals surface area contributed by atoms with Gasteiger partial charge in [0, 0.05) is 19.5 Å². The van der Waals surface area contributed by atoms with Gasteiger partial charge in [-0.1, -0.05) is 6.92 Å². The highest BCUT2D eigenvalue weighted by atomic mass is 19.4. The Labute approximate surface area is 96.4 Å². The minimum Gasteiger partial charge on any atom is -0.481 e. The zero-order valence-electron chi connectivity index (χ0n) is 9.33. The molecule has 0 unspecified atom stereocenters. The Kier molecular flexibility index (Phi) is 4.00. The fraction of sp³-hybridized carbons (Fsp3) is 0.800. The van der Waals surface area contributed by atoms with Crippen molar-refractivity contribution in [2.75, 3.05) is 13.1 Å². The molecule has 1 heterocycles. The summed E-state index contributed by atoms with van der Waals surface area (Å²) in [6, 6.07) is 0. The number of carbonyl (C=O) groups is 2. The quantitative estimate of drug-likeness (QED) is 0.829. The van der Waals surface area contributed by atoms with E-state index in [0.29, 0.717) is 0 Å². The van der Waals surface area contributed by atoms with Gasteiger partial charge in [-0.2, -0.15) is 13.2 Å². The first kappa shape index (κ1) is 13.8. The van der Waals surface area contributed by atoms with Crippen molar-refractivity contribution in [2.45, 2.75) is 25.9 Å². The van der Waals surface area contributed by atoms with Crippen molar-refractivity contribution in [1.29, 1.82) is 0 Å². The van der Waals surface area contributed by atoms with Gasteiger partial charge in [-0.3, -0.25) is 9.59 Å². The molecule has 7 heteroatoms. The van der Waals surface area contributed by atoms with Crippen LogP contribution in [0, 0.1) is 11.8 Å². The Morgan fingerprint density at radius 3 is 2.35 bits per heavy atom. The number of likely N-dealkylation sites (tertiary alicyclic amines) is 1. The second kappa shape index (κ2) is 4.93. The van der Waals surface area contributed by atoms with Crippen molar-refractivity contribution in [2.24, 2.45) is 11.8 Å². The van der Waals surface area contributed by atoms with Crippen molar-refractivity contribution >= 4 is 11.9 Å². The van der Waals surface area contributed by atoms with Crippen LogP contribution in [0.2, 0.25) is 0 Å². The van der Waals surface area contributed by atoms with E-state index in [1.54, 1.807) is 6.92 Å². The molecule has 98 valence electrons. The molecule has 17 heavy (non-hydrogen) atoms. The fourth-order valence-electron chi connectivity index (χ4n) is 1.90. The molecule has 0 aromatic heterocycles. The predicted octanol–water partition coefficient (Wildman–Crippen LogP) is 1.51. The van der Waals surface area contributed by atoms with Gasteiger partial charge in [-0.05, 0) is 5.92 Å². The molecule has 0 saturated carbocycles. The number of hydrogen-bond donors (Lipinski definition) is 1. The molecule has 0 bridgehead atoms. The highest BCUT2D eigenvalue weighted by molar-refractivity contribution is 5.79. The summed E-state index contributed by atoms with van der Waals surface area (Å²) in [6.45, 7) is 1.90. The Hall–Kier alpha value is -1.27. The van der Waals surface area contributed by atoms with Crippen molar-refractivity contribution < 1.29 is 27.9 Å². The number of hydrogen-bond acceptors (Lipinski definition) is 2. The van der Waals surface area contributed by atoms with Crippen LogP contribution in [0.3, 0.4) is 0 Å². The molecule has 0 aliphatic carbocycles. The minimum absolute atomic E-state index is 0.00713. The number of carbonyl (C=O) groups excluding carboxylic acids is 1. The third kappa shape index (κ3) is 3.90. The zero-order chi connectivity index (χ0) is 13.2. The lowest BCUT2D eigenvalue weighted by Gasteiger charge is -2.16. The van der Waals surface area contributed by atoms with Crippen LogP contribution < -0.4 is 0 Å². The molecule has 1 saturated heterocycles. The van der Waals surface area contributed by atoms with E-state index in [2.05, 4.69) is 0 Å². The molecular weight excluding hydrogens is 239 g/mol. The van der Waals surface area contributed by atoms with E-state index in [1.165, 1.54) is 4.90 Å². The average molecular weight is 253 g/mol. The monoisotopic (exact) mass is 253 g/mol. The number of rotatable bonds is 3. The highest BCUT2D eigenvalue weighted by Crippen LogP contribution is 2.26. The molecule has 2 atom stereocenters. The summed E-state index contributed by atoms with van der Waals surface area (Å²) in [5, 5.41) is 8.82. The van der Waals surface area contributed by atoms with E-state index in [9.17, 15) is 22.8 Å². The van der Waals surface area contributed by atoms with Gasteiger partial charge in [0.15, 0.2) is 0 Å². The first-order chi connectivity index (χ1) is 7.70. The smallest absolute Gasteiger partial charge is 0.389 e. The topological polar surface area (TPSA) is 57.6 Å². The highest BCUT2D eigenvalue weighted by Gasteiger charge is 2.37. The SMILES string of the molecule is C[C@@H]1CN(C(=O)CCC(F)(F)F)C[C@H]1C(=O)O. The maximum atomic E-state index is 11.9. The van der Waals surface area contributed by atoms with Gasteiger partial charge in [0.05, 0.1) is 12.3 Å². The standard InChI is InChI=1S/C10H14F3NO3/c1-6-4-14(5-7(6)9(16)17)8(15)2-3-10(11,12)13/h6-7H,2-5H2,1H3,(H,16,17)/t6-,7-/m1/s1. The number of amides is 1. The van der Waals surface area contributed by atoms with E-state index in [0.717, 1.165) is 0 Å². The van der Waals surface area contributed by atoms with E-state index < -0.39 is 36.8 Å². The van der Waals surface area contributed by atoms with Crippen molar-refractivity contribution in [1.82, 2.24) is 4.90 Å². The van der Waals surface area contributed by atoms with E-state index in [-0.39, 0.29) is 19.0 Å². The van der Waals surface area contributed by atoms with Gasteiger partial charge in [-0.25, -0.2) is 0 Å². The van der Waals surface area contributed by atoms with Crippen LogP contribution >= 0.6 is 0 Å². The molecule has 0 aromatic rings.